The number of esters is 5. The highest BCUT2D eigenvalue weighted by Gasteiger charge is 2.84. The molecule has 53 heavy (non-hydrogen) atoms. The van der Waals surface area contributed by atoms with Crippen molar-refractivity contribution in [1.82, 2.24) is 0 Å². The van der Waals surface area contributed by atoms with Gasteiger partial charge in [0.1, 0.15) is 31.5 Å². The summed E-state index contributed by atoms with van der Waals surface area (Å²) in [5.74, 6) is -6.43. The number of rotatable bonds is 1. The van der Waals surface area contributed by atoms with Gasteiger partial charge in [0.2, 0.25) is 0 Å². The molecule has 3 heterocycles. The molecule has 13 nitrogen and oxygen atoms in total. The number of carbonyl (C=O) groups excluding carboxylic acids is 5. The highest BCUT2D eigenvalue weighted by Crippen LogP contribution is 2.83. The molecule has 0 radical (unpaired) electrons. The number of fused-ring (bicyclic) bond motifs is 9. The van der Waals surface area contributed by atoms with Gasteiger partial charge < -0.3 is 38.6 Å². The Labute approximate surface area is 305 Å². The zero-order chi connectivity index (χ0) is 37.4. The van der Waals surface area contributed by atoms with Gasteiger partial charge in [-0.2, -0.15) is 0 Å². The van der Waals surface area contributed by atoms with E-state index in [4.69, 9.17) is 28.4 Å². The van der Waals surface area contributed by atoms with Crippen LogP contribution in [0.1, 0.15) is 59.8 Å². The Morgan fingerprint density at radius 1 is 0.849 bits per heavy atom. The first-order valence-electron chi connectivity index (χ1n) is 18.6. The first-order chi connectivity index (χ1) is 25.1. The lowest BCUT2D eigenvalue weighted by atomic mass is 9.45. The number of aliphatic hydroxyl groups excluding tert-OH is 1. The average Bonchev–Trinajstić information content (AvgIpc) is 4.03. The number of carbonyl (C=O) groups is 5. The van der Waals surface area contributed by atoms with Crippen molar-refractivity contribution in [3.8, 4) is 0 Å². The quantitative estimate of drug-likeness (QED) is 0.297. The molecule has 5 fully saturated rings. The van der Waals surface area contributed by atoms with Crippen molar-refractivity contribution in [3.05, 3.63) is 56.7 Å². The molecular formula is C40H42O13. The predicted octanol–water partition coefficient (Wildman–Crippen LogP) is 2.45. The van der Waals surface area contributed by atoms with Gasteiger partial charge >= 0.3 is 29.8 Å². The molecule has 3 aliphatic heterocycles. The molecular weight excluding hydrogens is 688 g/mol. The van der Waals surface area contributed by atoms with Gasteiger partial charge in [-0.3, -0.25) is 9.59 Å². The Balaban J connectivity index is 1.21. The molecule has 280 valence electrons. The van der Waals surface area contributed by atoms with E-state index in [0.717, 1.165) is 17.6 Å². The first-order valence-corrected chi connectivity index (χ1v) is 18.6. The molecule has 0 aromatic carbocycles. The molecule has 10 aliphatic rings. The van der Waals surface area contributed by atoms with Crippen molar-refractivity contribution in [3.63, 3.8) is 0 Å². The van der Waals surface area contributed by atoms with E-state index < -0.39 is 82.2 Å². The zero-order valence-electron chi connectivity index (χ0n) is 30.2. The molecule has 2 bridgehead atoms. The van der Waals surface area contributed by atoms with Gasteiger partial charge in [-0.1, -0.05) is 19.9 Å². The summed E-state index contributed by atoms with van der Waals surface area (Å²) in [7, 11) is 1.40. The lowest BCUT2D eigenvalue weighted by Gasteiger charge is -2.61. The molecule has 2 N–H and O–H groups in total. The molecule has 10 rings (SSSR count). The average molecular weight is 731 g/mol. The molecule has 12 atom stereocenters. The normalized spacial score (nSPS) is 48.7. The first kappa shape index (κ1) is 33.5. The standard InChI is InChI=1S/C40H42O13/c1-16-8-9-49-27(41)6-7-28(42)50-14-20-22-13-25-36(3,23-12-24(23)38(25,47)15-51-32(16)43)26-11-19-18-10-21(18)37(4)30(19)31(39(22,26)52-34(20)45)29-17(2)33(44)53-40(29,48-5)35(37)46/h8,11,18,21,23-26,35,46-47H,6-7,9-10,12-15H2,1-5H3/b16-8+/t18-,21-,23-,24+,25-,26+,35-,36+,37+,38+,39-,40+/m1/s1. The largest absolute Gasteiger partial charge is 0.461 e. The van der Waals surface area contributed by atoms with Crippen LogP contribution in [0.25, 0.3) is 0 Å². The summed E-state index contributed by atoms with van der Waals surface area (Å²) in [6.07, 6.45) is 3.42. The third kappa shape index (κ3) is 3.72. The Hall–Kier alpha value is -4.07. The molecule has 7 aliphatic carbocycles. The second-order valence-corrected chi connectivity index (χ2v) is 17.2. The monoisotopic (exact) mass is 730 g/mol. The van der Waals surface area contributed by atoms with E-state index in [2.05, 4.69) is 13.0 Å². The number of cyclic esters (lactones) is 3. The minimum Gasteiger partial charge on any atom is -0.461 e. The molecule has 0 amide bonds. The number of hydrogen-bond acceptors (Lipinski definition) is 13. The van der Waals surface area contributed by atoms with E-state index >= 15 is 0 Å². The van der Waals surface area contributed by atoms with Crippen molar-refractivity contribution < 1.29 is 62.6 Å². The summed E-state index contributed by atoms with van der Waals surface area (Å²) in [5.41, 5.74) is -0.737. The predicted molar refractivity (Wildman–Crippen MR) is 177 cm³/mol. The van der Waals surface area contributed by atoms with E-state index in [1.165, 1.54) is 20.1 Å². The smallest absolute Gasteiger partial charge is 0.338 e. The zero-order valence-corrected chi connectivity index (χ0v) is 30.2. The van der Waals surface area contributed by atoms with Gasteiger partial charge in [-0.15, -0.1) is 0 Å². The lowest BCUT2D eigenvalue weighted by Crippen LogP contribution is -2.65. The number of hydrogen-bond donors (Lipinski definition) is 2. The van der Waals surface area contributed by atoms with Crippen LogP contribution in [0.2, 0.25) is 0 Å². The summed E-state index contributed by atoms with van der Waals surface area (Å²) < 4.78 is 35.5. The highest BCUT2D eigenvalue weighted by molar-refractivity contribution is 5.99. The van der Waals surface area contributed by atoms with Crippen molar-refractivity contribution >= 4 is 29.8 Å². The van der Waals surface area contributed by atoms with Crippen LogP contribution in [0.3, 0.4) is 0 Å². The van der Waals surface area contributed by atoms with Gasteiger partial charge in [0.15, 0.2) is 5.60 Å². The molecule has 13 heteroatoms. The van der Waals surface area contributed by atoms with Crippen LogP contribution in [-0.4, -0.2) is 90.1 Å². The van der Waals surface area contributed by atoms with Crippen LogP contribution >= 0.6 is 0 Å². The molecule has 5 saturated carbocycles. The second kappa shape index (κ2) is 10.2. The third-order valence-corrected chi connectivity index (χ3v) is 15.2. The van der Waals surface area contributed by atoms with Crippen molar-refractivity contribution in [1.29, 1.82) is 0 Å². The summed E-state index contributed by atoms with van der Waals surface area (Å²) in [5, 5.41) is 25.1. The maximum Gasteiger partial charge on any atom is 0.338 e. The molecule has 1 spiro atoms. The summed E-state index contributed by atoms with van der Waals surface area (Å²) >= 11 is 0. The van der Waals surface area contributed by atoms with Gasteiger partial charge in [0, 0.05) is 46.7 Å². The van der Waals surface area contributed by atoms with Crippen LogP contribution in [-0.2, 0) is 52.4 Å². The number of allylic oxidation sites excluding steroid dienone is 1. The summed E-state index contributed by atoms with van der Waals surface area (Å²) in [4.78, 5) is 66.6. The number of methoxy groups -OCH3 is 1. The maximum absolute atomic E-state index is 14.4. The Morgan fingerprint density at radius 2 is 1.58 bits per heavy atom. The Bertz CT molecular complexity index is 2050. The van der Waals surface area contributed by atoms with Crippen molar-refractivity contribution in [2.75, 3.05) is 26.9 Å². The van der Waals surface area contributed by atoms with Crippen molar-refractivity contribution in [2.24, 2.45) is 46.3 Å². The minimum atomic E-state index is -1.86. The summed E-state index contributed by atoms with van der Waals surface area (Å²) in [6, 6.07) is 0. The molecule has 0 aromatic rings. The van der Waals surface area contributed by atoms with Crippen LogP contribution in [0.15, 0.2) is 56.7 Å². The molecule has 0 saturated heterocycles. The van der Waals surface area contributed by atoms with Gasteiger partial charge in [-0.25, -0.2) is 14.4 Å². The summed E-state index contributed by atoms with van der Waals surface area (Å²) in [6.45, 7) is 6.34. The third-order valence-electron chi connectivity index (χ3n) is 15.2. The minimum absolute atomic E-state index is 0.0197. The maximum atomic E-state index is 14.4. The lowest BCUT2D eigenvalue weighted by molar-refractivity contribution is -0.252. The Morgan fingerprint density at radius 3 is 2.32 bits per heavy atom. The van der Waals surface area contributed by atoms with Gasteiger partial charge in [0.05, 0.1) is 18.4 Å². The molecule has 0 aromatic heterocycles. The topological polar surface area (TPSA) is 181 Å². The Kier molecular flexibility index (Phi) is 6.42. The van der Waals surface area contributed by atoms with E-state index in [9.17, 15) is 34.2 Å². The van der Waals surface area contributed by atoms with E-state index in [1.54, 1.807) is 6.92 Å². The van der Waals surface area contributed by atoms with Crippen LogP contribution in [0.4, 0.5) is 0 Å². The number of aliphatic hydroxyl groups is 2. The second-order valence-electron chi connectivity index (χ2n) is 17.2. The van der Waals surface area contributed by atoms with Crippen molar-refractivity contribution in [2.45, 2.75) is 82.9 Å². The number of ether oxygens (including phenoxy) is 6. The van der Waals surface area contributed by atoms with Gasteiger partial charge in [0.25, 0.3) is 5.79 Å². The van der Waals surface area contributed by atoms with Gasteiger partial charge in [-0.05, 0) is 85.0 Å². The van der Waals surface area contributed by atoms with E-state index in [1.807, 2.05) is 6.92 Å². The fourth-order valence-corrected chi connectivity index (χ4v) is 12.6. The molecule has 0 unspecified atom stereocenters. The van der Waals surface area contributed by atoms with Crippen LogP contribution < -0.4 is 0 Å². The van der Waals surface area contributed by atoms with E-state index in [-0.39, 0.29) is 72.9 Å². The van der Waals surface area contributed by atoms with Crippen LogP contribution in [0, 0.1) is 46.3 Å². The fraction of sp³-hybridized carbons (Fsp3) is 0.625. The SMILES string of the molecule is CO[C@]12OC(=O)C(C)=C1C1=C3C(=C[C@@H]4[C@@]15OC(=O)C1=C5C[C@H]5[C@](O)(COC(=O)/C(C)=C/COC(=O)CCC(=O)OC1)[C@H]1C[C@H]1[C@]45C)[C@H]1C[C@H]1[C@]3(C)[C@H]2O. The van der Waals surface area contributed by atoms with E-state index in [0.29, 0.717) is 23.1 Å². The fourth-order valence-electron chi connectivity index (χ4n) is 12.6. The highest BCUT2D eigenvalue weighted by atomic mass is 16.7. The van der Waals surface area contributed by atoms with Crippen LogP contribution in [0.5, 0.6) is 0 Å².